The molecule has 0 atom stereocenters. The summed E-state index contributed by atoms with van der Waals surface area (Å²) in [5, 5.41) is 22.5. The van der Waals surface area contributed by atoms with Crippen LogP contribution in [0.3, 0.4) is 0 Å². The van der Waals surface area contributed by atoms with Crippen LogP contribution in [-0.4, -0.2) is 45.0 Å². The molecule has 0 saturated heterocycles. The summed E-state index contributed by atoms with van der Waals surface area (Å²) in [4.78, 5) is 10.9. The van der Waals surface area contributed by atoms with Crippen molar-refractivity contribution in [2.24, 2.45) is 5.10 Å². The predicted octanol–water partition coefficient (Wildman–Crippen LogP) is 3.39. The van der Waals surface area contributed by atoms with Crippen LogP contribution < -0.4 is 4.74 Å². The maximum atomic E-state index is 10.9. The number of hydrogen-bond acceptors (Lipinski definition) is 6. The summed E-state index contributed by atoms with van der Waals surface area (Å²) in [6.45, 7) is 0. The Morgan fingerprint density at radius 2 is 2.19 bits per heavy atom. The summed E-state index contributed by atoms with van der Waals surface area (Å²) in [5.74, 6) is 0.929. The van der Waals surface area contributed by atoms with Gasteiger partial charge >= 0.3 is 5.97 Å². The maximum Gasteiger partial charge on any atom is 0.313 e. The van der Waals surface area contributed by atoms with E-state index in [9.17, 15) is 4.79 Å². The minimum absolute atomic E-state index is 0.0719. The molecular weight excluding hydrogens is 352 g/mol. The normalized spacial score (nSPS) is 15.4. The zero-order valence-electron chi connectivity index (χ0n) is 14.7. The van der Waals surface area contributed by atoms with Crippen molar-refractivity contribution in [3.05, 3.63) is 35.7 Å². The Labute approximate surface area is 156 Å². The first-order chi connectivity index (χ1) is 12.7. The molecule has 1 aromatic heterocycles. The van der Waals surface area contributed by atoms with Gasteiger partial charge in [-0.15, -0.1) is 10.2 Å². The molecule has 0 aliphatic heterocycles. The molecule has 7 nitrogen and oxygen atoms in total. The number of rotatable bonds is 7. The average molecular weight is 374 g/mol. The Kier molecular flexibility index (Phi) is 6.27. The van der Waals surface area contributed by atoms with E-state index >= 15 is 0 Å². The van der Waals surface area contributed by atoms with E-state index < -0.39 is 5.97 Å². The van der Waals surface area contributed by atoms with E-state index in [2.05, 4.69) is 15.3 Å². The standard InChI is InChI=1S/C18H22N4O3S/c1-25-15-9-5-6-13(10-15)11-19-22-17(14-7-3-2-4-8-14)20-21-18(22)26-12-16(23)24/h5-6,9-11,14H,2-4,7-8,12H2,1H3,(H,23,24)/b19-11-. The Morgan fingerprint density at radius 3 is 2.92 bits per heavy atom. The van der Waals surface area contributed by atoms with Gasteiger partial charge < -0.3 is 9.84 Å². The lowest BCUT2D eigenvalue weighted by Gasteiger charge is -2.20. The van der Waals surface area contributed by atoms with Gasteiger partial charge in [0.2, 0.25) is 5.16 Å². The number of aliphatic carboxylic acids is 1. The van der Waals surface area contributed by atoms with E-state index in [4.69, 9.17) is 9.84 Å². The highest BCUT2D eigenvalue weighted by Crippen LogP contribution is 2.33. The Morgan fingerprint density at radius 1 is 1.38 bits per heavy atom. The topological polar surface area (TPSA) is 89.6 Å². The summed E-state index contributed by atoms with van der Waals surface area (Å²) in [6.07, 6.45) is 7.46. The number of carboxylic acids is 1. The Balaban J connectivity index is 1.88. The van der Waals surface area contributed by atoms with Gasteiger partial charge in [-0.3, -0.25) is 4.79 Å². The molecule has 0 radical (unpaired) electrons. The van der Waals surface area contributed by atoms with E-state index in [1.54, 1.807) is 18.0 Å². The van der Waals surface area contributed by atoms with E-state index in [1.165, 1.54) is 19.3 Å². The van der Waals surface area contributed by atoms with Gasteiger partial charge in [0.1, 0.15) is 5.75 Å². The van der Waals surface area contributed by atoms with Crippen molar-refractivity contribution in [3.8, 4) is 5.75 Å². The molecule has 1 heterocycles. The van der Waals surface area contributed by atoms with Crippen molar-refractivity contribution in [1.29, 1.82) is 0 Å². The monoisotopic (exact) mass is 374 g/mol. The molecular formula is C18H22N4O3S. The van der Waals surface area contributed by atoms with Crippen molar-refractivity contribution < 1.29 is 14.6 Å². The number of carbonyl (C=O) groups is 1. The summed E-state index contributed by atoms with van der Waals surface area (Å²) in [6, 6.07) is 7.59. The van der Waals surface area contributed by atoms with Crippen molar-refractivity contribution in [3.63, 3.8) is 0 Å². The van der Waals surface area contributed by atoms with Crippen LogP contribution in [0.4, 0.5) is 0 Å². The first-order valence-electron chi connectivity index (χ1n) is 8.65. The highest BCUT2D eigenvalue weighted by Gasteiger charge is 2.23. The highest BCUT2D eigenvalue weighted by molar-refractivity contribution is 7.99. The first kappa shape index (κ1) is 18.4. The van der Waals surface area contributed by atoms with Crippen LogP contribution in [0.25, 0.3) is 0 Å². The molecule has 1 saturated carbocycles. The maximum absolute atomic E-state index is 10.9. The van der Waals surface area contributed by atoms with Crippen LogP contribution >= 0.6 is 11.8 Å². The molecule has 8 heteroatoms. The van der Waals surface area contributed by atoms with Crippen LogP contribution in [0.5, 0.6) is 5.75 Å². The van der Waals surface area contributed by atoms with Crippen molar-refractivity contribution in [2.45, 2.75) is 43.2 Å². The predicted molar refractivity (Wildman–Crippen MR) is 100 cm³/mol. The summed E-state index contributed by atoms with van der Waals surface area (Å²) < 4.78 is 6.93. The van der Waals surface area contributed by atoms with Crippen LogP contribution in [0.1, 0.15) is 49.4 Å². The van der Waals surface area contributed by atoms with Gasteiger partial charge in [0.15, 0.2) is 5.82 Å². The van der Waals surface area contributed by atoms with E-state index in [0.29, 0.717) is 11.1 Å². The summed E-state index contributed by atoms with van der Waals surface area (Å²) in [7, 11) is 1.62. The van der Waals surface area contributed by atoms with Gasteiger partial charge in [-0.05, 0) is 30.5 Å². The Hall–Kier alpha value is -2.35. The molecule has 1 aliphatic carbocycles. The summed E-state index contributed by atoms with van der Waals surface area (Å²) in [5.41, 5.74) is 0.891. The number of carboxylic acid groups (broad SMARTS) is 1. The number of benzene rings is 1. The van der Waals surface area contributed by atoms with E-state index in [-0.39, 0.29) is 5.75 Å². The lowest BCUT2D eigenvalue weighted by Crippen LogP contribution is -2.11. The molecule has 1 aromatic carbocycles. The zero-order valence-corrected chi connectivity index (χ0v) is 15.5. The van der Waals surface area contributed by atoms with Crippen molar-refractivity contribution in [1.82, 2.24) is 14.9 Å². The number of thioether (sulfide) groups is 1. The molecule has 0 amide bonds. The van der Waals surface area contributed by atoms with Gasteiger partial charge in [-0.25, -0.2) is 0 Å². The molecule has 1 aliphatic rings. The largest absolute Gasteiger partial charge is 0.497 e. The van der Waals surface area contributed by atoms with E-state index in [0.717, 1.165) is 41.7 Å². The second-order valence-corrected chi connectivity index (χ2v) is 7.13. The molecule has 0 unspecified atom stereocenters. The van der Waals surface area contributed by atoms with Crippen molar-refractivity contribution in [2.75, 3.05) is 12.9 Å². The van der Waals surface area contributed by atoms with Gasteiger partial charge in [0, 0.05) is 5.92 Å². The first-order valence-corrected chi connectivity index (χ1v) is 9.64. The van der Waals surface area contributed by atoms with Gasteiger partial charge in [0.05, 0.1) is 19.1 Å². The number of methoxy groups -OCH3 is 1. The average Bonchev–Trinajstić information content (AvgIpc) is 3.08. The quantitative estimate of drug-likeness (QED) is 0.590. The number of aromatic nitrogens is 3. The summed E-state index contributed by atoms with van der Waals surface area (Å²) >= 11 is 1.13. The molecule has 1 N–H and O–H groups in total. The third-order valence-electron chi connectivity index (χ3n) is 4.35. The molecule has 1 fully saturated rings. The molecule has 0 spiro atoms. The lowest BCUT2D eigenvalue weighted by molar-refractivity contribution is -0.133. The molecule has 26 heavy (non-hydrogen) atoms. The smallest absolute Gasteiger partial charge is 0.313 e. The van der Waals surface area contributed by atoms with Crippen LogP contribution in [-0.2, 0) is 4.79 Å². The third-order valence-corrected chi connectivity index (χ3v) is 5.25. The SMILES string of the molecule is COc1cccc(/C=N\n2c(SCC(=O)O)nnc2C2CCCCC2)c1. The van der Waals surface area contributed by atoms with Crippen molar-refractivity contribution >= 4 is 23.9 Å². The number of nitrogens with zero attached hydrogens (tertiary/aromatic N) is 4. The van der Waals surface area contributed by atoms with Gasteiger partial charge in [-0.2, -0.15) is 9.78 Å². The lowest BCUT2D eigenvalue weighted by atomic mass is 9.89. The second kappa shape index (κ2) is 8.84. The highest BCUT2D eigenvalue weighted by atomic mass is 32.2. The number of hydrogen-bond donors (Lipinski definition) is 1. The molecule has 138 valence electrons. The van der Waals surface area contributed by atoms with E-state index in [1.807, 2.05) is 24.3 Å². The second-order valence-electron chi connectivity index (χ2n) is 6.19. The van der Waals surface area contributed by atoms with Crippen LogP contribution in [0.15, 0.2) is 34.5 Å². The minimum Gasteiger partial charge on any atom is -0.497 e. The van der Waals surface area contributed by atoms with Crippen LogP contribution in [0, 0.1) is 0 Å². The number of ether oxygens (including phenoxy) is 1. The molecule has 3 rings (SSSR count). The molecule has 0 bridgehead atoms. The van der Waals surface area contributed by atoms with Gasteiger partial charge in [-0.1, -0.05) is 43.2 Å². The fourth-order valence-electron chi connectivity index (χ4n) is 3.06. The van der Waals surface area contributed by atoms with Crippen LogP contribution in [0.2, 0.25) is 0 Å². The zero-order chi connectivity index (χ0) is 18.4. The molecule has 2 aromatic rings. The fraction of sp³-hybridized carbons (Fsp3) is 0.444. The van der Waals surface area contributed by atoms with Gasteiger partial charge in [0.25, 0.3) is 0 Å². The minimum atomic E-state index is -0.888. The third kappa shape index (κ3) is 4.63. The Bertz CT molecular complexity index is 784. The fourth-order valence-corrected chi connectivity index (χ4v) is 3.68.